The maximum absolute atomic E-state index is 12.4. The molecule has 0 unspecified atom stereocenters. The number of benzene rings is 1. The van der Waals surface area contributed by atoms with Crippen molar-refractivity contribution in [2.24, 2.45) is 0 Å². The molecule has 0 aromatic heterocycles. The van der Waals surface area contributed by atoms with E-state index in [2.05, 4.69) is 4.90 Å². The van der Waals surface area contributed by atoms with E-state index in [1.165, 1.54) is 5.56 Å². The first-order valence-corrected chi connectivity index (χ1v) is 6.55. The van der Waals surface area contributed by atoms with Crippen LogP contribution >= 0.6 is 0 Å². The van der Waals surface area contributed by atoms with Gasteiger partial charge < -0.3 is 19.8 Å². The fourth-order valence-electron chi connectivity index (χ4n) is 2.20. The Balaban J connectivity index is 0.00000361. The third kappa shape index (κ3) is 6.57. The molecule has 0 aliphatic rings. The van der Waals surface area contributed by atoms with Crippen molar-refractivity contribution in [1.29, 1.82) is 0 Å². The van der Waals surface area contributed by atoms with Crippen molar-refractivity contribution < 1.29 is 34.7 Å². The molecule has 0 atom stereocenters. The van der Waals surface area contributed by atoms with Crippen LogP contribution in [0.5, 0.6) is 5.75 Å². The van der Waals surface area contributed by atoms with Gasteiger partial charge in [-0.2, -0.15) is 0 Å². The maximum Gasteiger partial charge on any atom is 1.00 e. The van der Waals surface area contributed by atoms with Gasteiger partial charge in [-0.3, -0.25) is 0 Å². The van der Waals surface area contributed by atoms with Gasteiger partial charge >= 0.3 is 29.6 Å². The van der Waals surface area contributed by atoms with Crippen molar-refractivity contribution in [3.8, 4) is 5.75 Å². The largest absolute Gasteiger partial charge is 1.00 e. The summed E-state index contributed by atoms with van der Waals surface area (Å²) in [4.78, 5) is 6.20. The van der Waals surface area contributed by atoms with Crippen LogP contribution in [0.15, 0.2) is 12.1 Å². The smallest absolute Gasteiger partial charge is 0.872 e. The molecule has 0 spiro atoms. The minimum Gasteiger partial charge on any atom is -0.872 e. The number of rotatable bonds is 6. The van der Waals surface area contributed by atoms with Crippen LogP contribution < -0.4 is 34.7 Å². The molecule has 0 radical (unpaired) electrons. The Labute approximate surface area is 145 Å². The van der Waals surface area contributed by atoms with E-state index >= 15 is 0 Å². The van der Waals surface area contributed by atoms with Gasteiger partial charge in [0.1, 0.15) is 0 Å². The van der Waals surface area contributed by atoms with Crippen molar-refractivity contribution >= 4 is 0 Å². The second kappa shape index (κ2) is 9.03. The summed E-state index contributed by atoms with van der Waals surface area (Å²) in [7, 11) is 12.0. The van der Waals surface area contributed by atoms with Gasteiger partial charge in [-0.25, -0.2) is 0 Å². The van der Waals surface area contributed by atoms with Gasteiger partial charge in [0.2, 0.25) is 0 Å². The molecule has 0 heterocycles. The Morgan fingerprint density at radius 2 is 1.10 bits per heavy atom. The quantitative estimate of drug-likeness (QED) is 0.564. The van der Waals surface area contributed by atoms with E-state index in [1.54, 1.807) is 0 Å². The minimum absolute atomic E-state index is 0. The summed E-state index contributed by atoms with van der Waals surface area (Å²) < 4.78 is 0. The predicted molar refractivity (Wildman–Crippen MR) is 78.1 cm³/mol. The van der Waals surface area contributed by atoms with Crippen LogP contribution in [0.3, 0.4) is 0 Å². The SMILES string of the molecule is CN(C)Cc1cc(CN(C)C)c([O-])c(CN(C)C)c1.[Na+]. The molecule has 4 nitrogen and oxygen atoms in total. The Morgan fingerprint density at radius 1 is 0.750 bits per heavy atom. The summed E-state index contributed by atoms with van der Waals surface area (Å²) in [6.45, 7) is 2.25. The molecule has 0 aliphatic carbocycles. The molecular weight excluding hydrogens is 261 g/mol. The standard InChI is InChI=1S/C15H27N3O.Na/c1-16(2)9-12-7-13(10-17(3)4)15(19)14(8-12)11-18(5)6;/h7-8,19H,9-11H2,1-6H3;/q;+1/p-1. The van der Waals surface area contributed by atoms with E-state index in [9.17, 15) is 5.11 Å². The van der Waals surface area contributed by atoms with Crippen LogP contribution in [-0.2, 0) is 19.6 Å². The Morgan fingerprint density at radius 3 is 1.40 bits per heavy atom. The molecule has 108 valence electrons. The monoisotopic (exact) mass is 287 g/mol. The summed E-state index contributed by atoms with van der Waals surface area (Å²) in [5, 5.41) is 12.4. The van der Waals surface area contributed by atoms with Crippen molar-refractivity contribution in [2.75, 3.05) is 42.3 Å². The van der Waals surface area contributed by atoms with Crippen LogP contribution in [0.25, 0.3) is 0 Å². The summed E-state index contributed by atoms with van der Waals surface area (Å²) >= 11 is 0. The number of nitrogens with zero attached hydrogens (tertiary/aromatic N) is 3. The second-order valence-corrected chi connectivity index (χ2v) is 5.96. The summed E-state index contributed by atoms with van der Waals surface area (Å²) in [5.74, 6) is 0.185. The van der Waals surface area contributed by atoms with Crippen molar-refractivity contribution in [3.05, 3.63) is 28.8 Å². The summed E-state index contributed by atoms with van der Waals surface area (Å²) in [6, 6.07) is 4.09. The fourth-order valence-corrected chi connectivity index (χ4v) is 2.20. The Kier molecular flexibility index (Phi) is 8.98. The van der Waals surface area contributed by atoms with Crippen LogP contribution in [0, 0.1) is 0 Å². The summed E-state index contributed by atoms with van der Waals surface area (Å²) in [6.07, 6.45) is 0. The fraction of sp³-hybridized carbons (Fsp3) is 0.600. The molecule has 1 rings (SSSR count). The molecule has 0 fully saturated rings. The molecule has 0 amide bonds. The number of hydrogen-bond donors (Lipinski definition) is 0. The van der Waals surface area contributed by atoms with Gasteiger partial charge in [0, 0.05) is 19.6 Å². The molecule has 0 aliphatic heterocycles. The number of hydrogen-bond acceptors (Lipinski definition) is 4. The third-order valence-electron chi connectivity index (χ3n) is 2.77. The van der Waals surface area contributed by atoms with Gasteiger partial charge in [0.05, 0.1) is 0 Å². The van der Waals surface area contributed by atoms with Gasteiger partial charge in [-0.05, 0) is 59.0 Å². The van der Waals surface area contributed by atoms with E-state index in [4.69, 9.17) is 0 Å². The van der Waals surface area contributed by atoms with Crippen molar-refractivity contribution in [3.63, 3.8) is 0 Å². The molecule has 1 aromatic rings. The average Bonchev–Trinajstić information content (AvgIpc) is 2.22. The Hall–Kier alpha value is -0.100. The third-order valence-corrected chi connectivity index (χ3v) is 2.77. The molecule has 0 bridgehead atoms. The van der Waals surface area contributed by atoms with Crippen LogP contribution in [0.4, 0.5) is 0 Å². The van der Waals surface area contributed by atoms with Crippen LogP contribution in [-0.4, -0.2) is 57.0 Å². The van der Waals surface area contributed by atoms with E-state index in [0.29, 0.717) is 13.1 Å². The van der Waals surface area contributed by atoms with E-state index in [-0.39, 0.29) is 35.3 Å². The first kappa shape index (κ1) is 19.9. The topological polar surface area (TPSA) is 32.8 Å². The van der Waals surface area contributed by atoms with Crippen LogP contribution in [0.2, 0.25) is 0 Å². The van der Waals surface area contributed by atoms with E-state index in [0.717, 1.165) is 17.7 Å². The van der Waals surface area contributed by atoms with Gasteiger partial charge in [0.25, 0.3) is 0 Å². The molecule has 0 saturated carbocycles. The minimum atomic E-state index is 0. The molecule has 1 aromatic carbocycles. The molecule has 0 saturated heterocycles. The van der Waals surface area contributed by atoms with Gasteiger partial charge in [-0.1, -0.05) is 17.9 Å². The Bertz CT molecular complexity index is 389. The first-order chi connectivity index (χ1) is 8.79. The van der Waals surface area contributed by atoms with Crippen LogP contribution in [0.1, 0.15) is 16.7 Å². The average molecular weight is 287 g/mol. The zero-order valence-electron chi connectivity index (χ0n) is 14.0. The molecule has 0 N–H and O–H groups in total. The van der Waals surface area contributed by atoms with E-state index < -0.39 is 0 Å². The van der Waals surface area contributed by atoms with Gasteiger partial charge in [-0.15, -0.1) is 0 Å². The molecular formula is C15H26N3NaO. The van der Waals surface area contributed by atoms with Crippen molar-refractivity contribution in [2.45, 2.75) is 19.6 Å². The molecule has 20 heavy (non-hydrogen) atoms. The predicted octanol–water partition coefficient (Wildman–Crippen LogP) is -2.05. The molecule has 5 heteroatoms. The van der Waals surface area contributed by atoms with Gasteiger partial charge in [0.15, 0.2) is 0 Å². The first-order valence-electron chi connectivity index (χ1n) is 6.55. The second-order valence-electron chi connectivity index (χ2n) is 5.96. The van der Waals surface area contributed by atoms with E-state index in [1.807, 2.05) is 64.2 Å². The van der Waals surface area contributed by atoms with Crippen molar-refractivity contribution in [1.82, 2.24) is 14.7 Å². The maximum atomic E-state index is 12.4. The zero-order chi connectivity index (χ0) is 14.6. The zero-order valence-corrected chi connectivity index (χ0v) is 16.0. The summed E-state index contributed by atoms with van der Waals surface area (Å²) in [5.41, 5.74) is 2.99. The normalized spacial score (nSPS) is 11.2.